The molecule has 19 heavy (non-hydrogen) atoms. The smallest absolute Gasteiger partial charge is 0.0686 e. The molecule has 4 heteroatoms. The van der Waals surface area contributed by atoms with Crippen molar-refractivity contribution in [2.75, 3.05) is 0 Å². The van der Waals surface area contributed by atoms with Gasteiger partial charge in [0.1, 0.15) is 0 Å². The van der Waals surface area contributed by atoms with Gasteiger partial charge < -0.3 is 0 Å². The van der Waals surface area contributed by atoms with E-state index in [0.717, 1.165) is 24.0 Å². The molecule has 1 aromatic carbocycles. The Morgan fingerprint density at radius 2 is 1.26 bits per heavy atom. The van der Waals surface area contributed by atoms with Gasteiger partial charge in [-0.25, -0.2) is 0 Å². The number of hydrogen-bond donors (Lipinski definition) is 0. The maximum atomic E-state index is 6.46. The molecule has 0 unspecified atom stereocenters. The number of fused-ring (bicyclic) bond motifs is 1. The molecule has 3 rings (SSSR count). The third kappa shape index (κ3) is 1.94. The normalized spacial score (nSPS) is 26.1. The molecule has 0 aromatic heterocycles. The lowest BCUT2D eigenvalue weighted by Crippen LogP contribution is -2.47. The molecule has 0 heterocycles. The Morgan fingerprint density at radius 1 is 0.789 bits per heavy atom. The average molecular weight is 240 g/mol. The lowest BCUT2D eigenvalue weighted by Gasteiger charge is -2.45. The summed E-state index contributed by atoms with van der Waals surface area (Å²) < 4.78 is 0. The van der Waals surface area contributed by atoms with Gasteiger partial charge in [-0.05, 0) is 5.92 Å². The van der Waals surface area contributed by atoms with Gasteiger partial charge in [0.2, 0.25) is 0 Å². The minimum Gasteiger partial charge on any atom is -0.0729 e. The summed E-state index contributed by atoms with van der Waals surface area (Å²) in [5.41, 5.74) is 1.83. The highest BCUT2D eigenvalue weighted by Crippen LogP contribution is 2.53. The molecule has 0 nitrogen and oxygen atoms in total. The summed E-state index contributed by atoms with van der Waals surface area (Å²) in [5.74, 6) is 0.337. The second-order valence-corrected chi connectivity index (χ2v) is 6.29. The van der Waals surface area contributed by atoms with Gasteiger partial charge in [-0.2, -0.15) is 0 Å². The van der Waals surface area contributed by atoms with Crippen molar-refractivity contribution in [1.82, 2.24) is 0 Å². The Hall–Kier alpha value is -0.520. The molecule has 8 radical (unpaired) electrons. The van der Waals surface area contributed by atoms with Crippen LogP contribution in [-0.2, 0) is 10.4 Å². The van der Waals surface area contributed by atoms with Crippen LogP contribution in [0, 0.1) is 11.8 Å². The Morgan fingerprint density at radius 3 is 1.74 bits per heavy atom. The van der Waals surface area contributed by atoms with Gasteiger partial charge in [0.15, 0.2) is 0 Å². The van der Waals surface area contributed by atoms with Crippen LogP contribution < -0.4 is 0 Å². The van der Waals surface area contributed by atoms with Crippen molar-refractivity contribution in [3.05, 3.63) is 35.4 Å². The zero-order chi connectivity index (χ0) is 13.7. The van der Waals surface area contributed by atoms with Gasteiger partial charge in [-0.15, -0.1) is 0 Å². The fourth-order valence-electron chi connectivity index (χ4n) is 4.22. The molecule has 0 saturated heterocycles. The fourth-order valence-corrected chi connectivity index (χ4v) is 4.22. The first kappa shape index (κ1) is 13.5. The summed E-state index contributed by atoms with van der Waals surface area (Å²) in [7, 11) is 25.8. The van der Waals surface area contributed by atoms with Crippen molar-refractivity contribution in [3.8, 4) is 0 Å². The molecule has 1 aromatic rings. The molecule has 0 atom stereocenters. The van der Waals surface area contributed by atoms with E-state index in [-0.39, 0.29) is 5.92 Å². The zero-order valence-electron chi connectivity index (χ0n) is 11.3. The lowest BCUT2D eigenvalue weighted by molar-refractivity contribution is 0.221. The lowest BCUT2D eigenvalue weighted by atomic mass is 9.36. The van der Waals surface area contributed by atoms with E-state index in [2.05, 4.69) is 0 Å². The summed E-state index contributed by atoms with van der Waals surface area (Å²) in [6.07, 6.45) is 6.00. The molecule has 2 aliphatic rings. The predicted octanol–water partition coefficient (Wildman–Crippen LogP) is 1.88. The molecule has 2 aliphatic carbocycles. The number of hydrogen-bond acceptors (Lipinski definition) is 0. The second-order valence-electron chi connectivity index (χ2n) is 6.29. The number of benzene rings is 1. The molecular formula is C15H16B4. The highest BCUT2D eigenvalue weighted by Gasteiger charge is 2.51. The minimum atomic E-state index is -0.915. The van der Waals surface area contributed by atoms with Crippen molar-refractivity contribution in [3.63, 3.8) is 0 Å². The quantitative estimate of drug-likeness (QED) is 0.657. The highest BCUT2D eigenvalue weighted by atomic mass is 14.5. The molecule has 1 saturated carbocycles. The molecule has 0 aliphatic heterocycles. The van der Waals surface area contributed by atoms with Crippen LogP contribution in [0.15, 0.2) is 24.3 Å². The van der Waals surface area contributed by atoms with E-state index < -0.39 is 10.4 Å². The Kier molecular flexibility index (Phi) is 3.19. The maximum absolute atomic E-state index is 6.46. The summed E-state index contributed by atoms with van der Waals surface area (Å²) in [5, 5.41) is -1.83. The maximum Gasteiger partial charge on any atom is 0.0686 e. The monoisotopic (exact) mass is 240 g/mol. The Balaban J connectivity index is 2.06. The van der Waals surface area contributed by atoms with Crippen molar-refractivity contribution >= 4 is 31.4 Å². The van der Waals surface area contributed by atoms with Crippen LogP contribution in [0.4, 0.5) is 0 Å². The van der Waals surface area contributed by atoms with E-state index in [4.69, 9.17) is 31.4 Å². The fraction of sp³-hybridized carbons (Fsp3) is 0.600. The molecule has 0 N–H and O–H groups in total. The average Bonchev–Trinajstić information content (AvgIpc) is 2.55. The van der Waals surface area contributed by atoms with Crippen LogP contribution in [0.2, 0.25) is 0 Å². The van der Waals surface area contributed by atoms with E-state index in [1.165, 1.54) is 19.3 Å². The molecule has 88 valence electrons. The van der Waals surface area contributed by atoms with Gasteiger partial charge in [-0.1, -0.05) is 83.8 Å². The third-order valence-electron chi connectivity index (χ3n) is 5.01. The van der Waals surface area contributed by atoms with Gasteiger partial charge in [0, 0.05) is 0 Å². The predicted molar refractivity (Wildman–Crippen MR) is 82.9 cm³/mol. The highest BCUT2D eigenvalue weighted by molar-refractivity contribution is 6.47. The van der Waals surface area contributed by atoms with E-state index in [9.17, 15) is 0 Å². The number of rotatable bonds is 1. The minimum absolute atomic E-state index is 0.0855. The van der Waals surface area contributed by atoms with Crippen LogP contribution in [-0.4, -0.2) is 31.4 Å². The van der Waals surface area contributed by atoms with Crippen molar-refractivity contribution < 1.29 is 0 Å². The van der Waals surface area contributed by atoms with Crippen LogP contribution in [0.25, 0.3) is 0 Å². The van der Waals surface area contributed by atoms with Crippen molar-refractivity contribution in [2.24, 2.45) is 11.8 Å². The first-order valence-electron chi connectivity index (χ1n) is 7.21. The second kappa shape index (κ2) is 4.50. The summed E-state index contributed by atoms with van der Waals surface area (Å²) >= 11 is 0. The van der Waals surface area contributed by atoms with Crippen LogP contribution in [0.1, 0.15) is 43.2 Å². The summed E-state index contributed by atoms with van der Waals surface area (Å²) in [6, 6.07) is 7.83. The Bertz CT molecular complexity index is 440. The van der Waals surface area contributed by atoms with E-state index in [0.29, 0.717) is 5.92 Å². The van der Waals surface area contributed by atoms with E-state index in [1.807, 2.05) is 24.3 Å². The topological polar surface area (TPSA) is 0 Å². The zero-order valence-corrected chi connectivity index (χ0v) is 11.3. The van der Waals surface area contributed by atoms with Gasteiger partial charge in [0.25, 0.3) is 0 Å². The van der Waals surface area contributed by atoms with Gasteiger partial charge in [0.05, 0.1) is 31.4 Å². The van der Waals surface area contributed by atoms with Crippen LogP contribution in [0.5, 0.6) is 0 Å². The first-order valence-corrected chi connectivity index (χ1v) is 7.21. The molecular weight excluding hydrogens is 223 g/mol. The van der Waals surface area contributed by atoms with Crippen molar-refractivity contribution in [2.45, 2.75) is 42.5 Å². The van der Waals surface area contributed by atoms with Crippen LogP contribution in [0.3, 0.4) is 0 Å². The molecule has 0 spiro atoms. The molecule has 0 amide bonds. The first-order chi connectivity index (χ1) is 8.95. The standard InChI is InChI=1S/C15H16B4/c16-14(17)11-8-4-5-9-12(11)15(18,19)13(14)10-6-2-1-3-7-10/h4-5,8-10,13H,1-3,6-7H2. The van der Waals surface area contributed by atoms with Crippen LogP contribution >= 0.6 is 0 Å². The Labute approximate surface area is 121 Å². The summed E-state index contributed by atoms with van der Waals surface area (Å²) in [6.45, 7) is 0. The molecule has 0 bridgehead atoms. The van der Waals surface area contributed by atoms with Gasteiger partial charge >= 0.3 is 0 Å². The van der Waals surface area contributed by atoms with E-state index in [1.54, 1.807) is 0 Å². The largest absolute Gasteiger partial charge is 0.0729 e. The SMILES string of the molecule is [B]C1([B])c2ccccc2C([B])([B])C1C1CCCCC1. The van der Waals surface area contributed by atoms with E-state index >= 15 is 0 Å². The summed E-state index contributed by atoms with van der Waals surface area (Å²) in [4.78, 5) is 0. The van der Waals surface area contributed by atoms with Crippen molar-refractivity contribution in [1.29, 1.82) is 0 Å². The molecule has 1 fully saturated rings. The van der Waals surface area contributed by atoms with Gasteiger partial charge in [-0.3, -0.25) is 0 Å². The third-order valence-corrected chi connectivity index (χ3v) is 5.01.